The van der Waals surface area contributed by atoms with Crippen molar-refractivity contribution in [3.05, 3.63) is 39.9 Å². The molecule has 25 heavy (non-hydrogen) atoms. The average Bonchev–Trinajstić information content (AvgIpc) is 2.56. The van der Waals surface area contributed by atoms with E-state index in [0.717, 1.165) is 6.42 Å². The number of non-ortho nitro benzene ring substituents is 1. The molecule has 1 saturated heterocycles. The molecule has 0 radical (unpaired) electrons. The third-order valence-corrected chi connectivity index (χ3v) is 5.84. The van der Waals surface area contributed by atoms with Crippen LogP contribution in [-0.4, -0.2) is 50.0 Å². The van der Waals surface area contributed by atoms with Gasteiger partial charge in [0.1, 0.15) is 0 Å². The van der Waals surface area contributed by atoms with Crippen molar-refractivity contribution in [2.24, 2.45) is 5.73 Å². The van der Waals surface area contributed by atoms with Crippen LogP contribution in [0.5, 0.6) is 0 Å². The second-order valence-corrected chi connectivity index (χ2v) is 7.76. The van der Waals surface area contributed by atoms with E-state index < -0.39 is 14.9 Å². The molecule has 1 aromatic rings. The van der Waals surface area contributed by atoms with Crippen molar-refractivity contribution in [2.45, 2.75) is 31.1 Å². The zero-order chi connectivity index (χ0) is 17.6. The first-order chi connectivity index (χ1) is 11.4. The van der Waals surface area contributed by atoms with Gasteiger partial charge in [-0.15, -0.1) is 12.4 Å². The van der Waals surface area contributed by atoms with Gasteiger partial charge in [-0.3, -0.25) is 10.1 Å². The second-order valence-electron chi connectivity index (χ2n) is 5.79. The monoisotopic (exact) mass is 393 g/mol. The molecule has 0 aromatic heterocycles. The standard InChI is InChI=1S/C15H23N3O5S.ClH/c16-8-1-11-23-15-6-9-17(10-7-15)24(21,22)12-13-2-4-14(5-3-13)18(19)20;/h2-5,15H,1,6-12,16H2;1H. The van der Waals surface area contributed by atoms with E-state index >= 15 is 0 Å². The molecule has 0 amide bonds. The summed E-state index contributed by atoms with van der Waals surface area (Å²) in [4.78, 5) is 10.1. The maximum Gasteiger partial charge on any atom is 0.269 e. The molecule has 0 aliphatic carbocycles. The van der Waals surface area contributed by atoms with Crippen LogP contribution in [0, 0.1) is 10.1 Å². The summed E-state index contributed by atoms with van der Waals surface area (Å²) in [6.45, 7) is 2.06. The van der Waals surface area contributed by atoms with E-state index in [9.17, 15) is 18.5 Å². The number of hydrogen-bond acceptors (Lipinski definition) is 6. The summed E-state index contributed by atoms with van der Waals surface area (Å²) in [7, 11) is -3.43. The summed E-state index contributed by atoms with van der Waals surface area (Å²) >= 11 is 0. The van der Waals surface area contributed by atoms with Gasteiger partial charge in [-0.1, -0.05) is 12.1 Å². The number of nitrogens with two attached hydrogens (primary N) is 1. The summed E-state index contributed by atoms with van der Waals surface area (Å²) in [6, 6.07) is 5.61. The number of piperidine rings is 1. The molecule has 1 aromatic carbocycles. The number of hydrogen-bond donors (Lipinski definition) is 1. The van der Waals surface area contributed by atoms with Gasteiger partial charge in [0.25, 0.3) is 5.69 Å². The number of nitrogens with zero attached hydrogens (tertiary/aromatic N) is 2. The Morgan fingerprint density at radius 3 is 2.36 bits per heavy atom. The fraction of sp³-hybridized carbons (Fsp3) is 0.600. The van der Waals surface area contributed by atoms with Crippen LogP contribution in [0.15, 0.2) is 24.3 Å². The van der Waals surface area contributed by atoms with Crippen molar-refractivity contribution in [2.75, 3.05) is 26.2 Å². The Morgan fingerprint density at radius 2 is 1.84 bits per heavy atom. The normalized spacial score (nSPS) is 16.4. The first kappa shape index (κ1) is 21.8. The molecule has 1 heterocycles. The summed E-state index contributed by atoms with van der Waals surface area (Å²) in [5, 5.41) is 10.6. The van der Waals surface area contributed by atoms with Crippen molar-refractivity contribution < 1.29 is 18.1 Å². The molecule has 1 aliphatic rings. The highest BCUT2D eigenvalue weighted by Crippen LogP contribution is 2.20. The number of benzene rings is 1. The summed E-state index contributed by atoms with van der Waals surface area (Å²) < 4.78 is 32.1. The highest BCUT2D eigenvalue weighted by Gasteiger charge is 2.28. The molecule has 0 spiro atoms. The van der Waals surface area contributed by atoms with Gasteiger partial charge in [-0.2, -0.15) is 0 Å². The van der Waals surface area contributed by atoms with Crippen LogP contribution in [0.25, 0.3) is 0 Å². The Morgan fingerprint density at radius 1 is 1.24 bits per heavy atom. The fourth-order valence-electron chi connectivity index (χ4n) is 2.63. The Balaban J connectivity index is 0.00000312. The minimum Gasteiger partial charge on any atom is -0.378 e. The third-order valence-electron chi connectivity index (χ3n) is 3.99. The molecule has 8 nitrogen and oxygen atoms in total. The quantitative estimate of drug-likeness (QED) is 0.408. The second kappa shape index (κ2) is 10.0. The highest BCUT2D eigenvalue weighted by molar-refractivity contribution is 7.88. The molecular formula is C15H24ClN3O5S. The van der Waals surface area contributed by atoms with Gasteiger partial charge in [0.05, 0.1) is 16.8 Å². The van der Waals surface area contributed by atoms with Gasteiger partial charge in [0.15, 0.2) is 0 Å². The highest BCUT2D eigenvalue weighted by atomic mass is 35.5. The topological polar surface area (TPSA) is 116 Å². The zero-order valence-electron chi connectivity index (χ0n) is 13.9. The van der Waals surface area contributed by atoms with E-state index in [-0.39, 0.29) is 30.0 Å². The smallest absolute Gasteiger partial charge is 0.269 e. The SMILES string of the molecule is Cl.NCCCOC1CCN(S(=O)(=O)Cc2ccc([N+](=O)[O-])cc2)CC1. The minimum atomic E-state index is -3.43. The van der Waals surface area contributed by atoms with Gasteiger partial charge in [-0.25, -0.2) is 12.7 Å². The summed E-state index contributed by atoms with van der Waals surface area (Å²) in [5.41, 5.74) is 5.91. The molecule has 2 N–H and O–H groups in total. The molecule has 142 valence electrons. The van der Waals surface area contributed by atoms with Crippen LogP contribution in [0.3, 0.4) is 0 Å². The predicted molar refractivity (Wildman–Crippen MR) is 97.2 cm³/mol. The van der Waals surface area contributed by atoms with Crippen molar-refractivity contribution in [3.8, 4) is 0 Å². The fourth-order valence-corrected chi connectivity index (χ4v) is 4.19. The van der Waals surface area contributed by atoms with Gasteiger partial charge in [0.2, 0.25) is 10.0 Å². The lowest BCUT2D eigenvalue weighted by Gasteiger charge is -2.31. The Hall–Kier alpha value is -1.26. The summed E-state index contributed by atoms with van der Waals surface area (Å²) in [5.74, 6) is -0.149. The van der Waals surface area contributed by atoms with Gasteiger partial charge in [0, 0.05) is 31.8 Å². The van der Waals surface area contributed by atoms with Gasteiger partial charge in [-0.05, 0) is 31.4 Å². The lowest BCUT2D eigenvalue weighted by molar-refractivity contribution is -0.384. The van der Waals surface area contributed by atoms with Crippen molar-refractivity contribution >= 4 is 28.1 Å². The number of halogens is 1. The van der Waals surface area contributed by atoms with Crippen molar-refractivity contribution in [1.29, 1.82) is 0 Å². The maximum absolute atomic E-state index is 12.5. The lowest BCUT2D eigenvalue weighted by Crippen LogP contribution is -2.41. The Bertz CT molecular complexity index is 646. The number of sulfonamides is 1. The van der Waals surface area contributed by atoms with E-state index in [1.54, 1.807) is 0 Å². The molecular weight excluding hydrogens is 370 g/mol. The van der Waals surface area contributed by atoms with Crippen molar-refractivity contribution in [1.82, 2.24) is 4.31 Å². The zero-order valence-corrected chi connectivity index (χ0v) is 15.5. The largest absolute Gasteiger partial charge is 0.378 e. The molecule has 0 unspecified atom stereocenters. The molecule has 2 rings (SSSR count). The number of ether oxygens (including phenoxy) is 1. The molecule has 0 saturated carbocycles. The Labute approximate surface area is 153 Å². The maximum atomic E-state index is 12.5. The van der Waals surface area contributed by atoms with Crippen LogP contribution >= 0.6 is 12.4 Å². The van der Waals surface area contributed by atoms with E-state index in [1.165, 1.54) is 28.6 Å². The van der Waals surface area contributed by atoms with E-state index in [1.807, 2.05) is 0 Å². The van der Waals surface area contributed by atoms with Crippen molar-refractivity contribution in [3.63, 3.8) is 0 Å². The first-order valence-electron chi connectivity index (χ1n) is 7.95. The Kier molecular flexibility index (Phi) is 8.74. The van der Waals surface area contributed by atoms with E-state index in [2.05, 4.69) is 0 Å². The lowest BCUT2D eigenvalue weighted by atomic mass is 10.1. The van der Waals surface area contributed by atoms with Gasteiger partial charge < -0.3 is 10.5 Å². The number of rotatable bonds is 8. The van der Waals surface area contributed by atoms with Crippen LogP contribution in [-0.2, 0) is 20.5 Å². The molecule has 1 fully saturated rings. The minimum absolute atomic E-state index is 0. The first-order valence-corrected chi connectivity index (χ1v) is 9.56. The van der Waals surface area contributed by atoms with E-state index in [4.69, 9.17) is 10.5 Å². The molecule has 10 heteroatoms. The van der Waals surface area contributed by atoms with Gasteiger partial charge >= 0.3 is 0 Å². The summed E-state index contributed by atoms with van der Waals surface area (Å²) in [6.07, 6.45) is 2.23. The number of nitro groups is 1. The molecule has 1 aliphatic heterocycles. The van der Waals surface area contributed by atoms with Crippen LogP contribution < -0.4 is 5.73 Å². The number of nitro benzene ring substituents is 1. The van der Waals surface area contributed by atoms with Crippen LogP contribution in [0.1, 0.15) is 24.8 Å². The average molecular weight is 394 g/mol. The molecule has 0 bridgehead atoms. The molecule has 0 atom stereocenters. The predicted octanol–water partition coefficient (Wildman–Crippen LogP) is 1.68. The third kappa shape index (κ3) is 6.52. The van der Waals surface area contributed by atoms with E-state index in [0.29, 0.717) is 44.6 Å². The van der Waals surface area contributed by atoms with Crippen LogP contribution in [0.4, 0.5) is 5.69 Å². The van der Waals surface area contributed by atoms with Crippen LogP contribution in [0.2, 0.25) is 0 Å².